The van der Waals surface area contributed by atoms with Gasteiger partial charge < -0.3 is 126 Å². The third kappa shape index (κ3) is 31.6. The number of aromatic hydroxyl groups is 1. The Labute approximate surface area is 727 Å². The van der Waals surface area contributed by atoms with Crippen LogP contribution in [0.5, 0.6) is 5.75 Å². The number of thioether (sulfide) groups is 1. The number of rotatable bonds is 51. The number of H-pyrrole nitrogens is 2. The van der Waals surface area contributed by atoms with E-state index in [2.05, 4.69) is 84.4 Å². The number of nitrogens with zero attached hydrogens (tertiary/aromatic N) is 1. The van der Waals surface area contributed by atoms with Crippen molar-refractivity contribution in [3.63, 3.8) is 0 Å². The van der Waals surface area contributed by atoms with Gasteiger partial charge in [0.15, 0.2) is 11.9 Å². The average molecular weight is 1770 g/mol. The van der Waals surface area contributed by atoms with Crippen LogP contribution >= 0.6 is 11.8 Å². The van der Waals surface area contributed by atoms with Gasteiger partial charge in [0.1, 0.15) is 84.3 Å². The number of phenols is 1. The molecule has 3 aromatic carbocycles. The maximum Gasteiger partial charge on any atom is 0.326 e. The Morgan fingerprint density at radius 1 is 0.520 bits per heavy atom. The number of carbonyl (C=O) groups excluding carboxylic acids is 13. The number of nitrogens with one attached hydrogen (secondary N) is 18. The second-order valence-corrected chi connectivity index (χ2v) is 32.7. The molecule has 0 aliphatic carbocycles. The third-order valence-electron chi connectivity index (χ3n) is 21.1. The number of likely N-dealkylation sites (tertiary alicyclic amines) is 1. The van der Waals surface area contributed by atoms with Gasteiger partial charge in [-0.15, -0.1) is 0 Å². The number of aliphatic hydroxyl groups is 2. The summed E-state index contributed by atoms with van der Waals surface area (Å²) in [4.78, 5) is 220. The molecule has 27 N–H and O–H groups in total. The highest BCUT2D eigenvalue weighted by molar-refractivity contribution is 7.98. The zero-order chi connectivity index (χ0) is 92.5. The predicted molar refractivity (Wildman–Crippen MR) is 463 cm³/mol. The van der Waals surface area contributed by atoms with Gasteiger partial charge in [-0.1, -0.05) is 96.5 Å². The number of aliphatic carboxylic acids is 2. The highest BCUT2D eigenvalue weighted by atomic mass is 32.2. The molecular formula is C83H121N21O20S. The number of phenolic OH excluding ortho intramolecular Hbond substituents is 1. The van der Waals surface area contributed by atoms with Gasteiger partial charge in [-0.05, 0) is 129 Å². The minimum absolute atomic E-state index is 0.00338. The van der Waals surface area contributed by atoms with Crippen molar-refractivity contribution >= 4 is 134 Å². The zero-order valence-corrected chi connectivity index (χ0v) is 72.3. The van der Waals surface area contributed by atoms with Crippen molar-refractivity contribution < 1.29 is 97.5 Å². The van der Waals surface area contributed by atoms with Gasteiger partial charge in [0.2, 0.25) is 76.8 Å². The molecule has 1 aliphatic heterocycles. The SMILES string of the molecule is CC[C@H](C)[C@H](NC(=O)[C@H](CC(=O)O)NC(=O)[C@@H](NC(=O)[C@H](Cc1ccc(O)cc1)NC(=O)[C@H](Cc1c[nH]c2ccccc12)NC(=O)[C@H](CC(C)C)NC(C)=O)[C@@H](C)O)C(=O)N[C@@H](CCCNC(=N)N)C(=O)N[C@@H](CCSC)C(=O)N[C@@H](CO)C(=O)N[C@@H](Cc1c[nH]c2ccccc12)C(=O)N[C@@H](CCCNC(=N)N)C(=O)N[C@H](C(=O)N1CCC[C@H]1C(=O)O)C(C)C. The third-order valence-corrected chi connectivity index (χ3v) is 21.7. The molecule has 42 heteroatoms. The van der Waals surface area contributed by atoms with Crippen LogP contribution in [-0.4, -0.2) is 264 Å². The van der Waals surface area contributed by atoms with Crippen LogP contribution in [0.3, 0.4) is 0 Å². The van der Waals surface area contributed by atoms with Gasteiger partial charge in [-0.2, -0.15) is 11.8 Å². The number of carboxylic acids is 2. The monoisotopic (exact) mass is 1760 g/mol. The van der Waals surface area contributed by atoms with Gasteiger partial charge >= 0.3 is 11.9 Å². The van der Waals surface area contributed by atoms with Crippen molar-refractivity contribution in [1.82, 2.24) is 89.3 Å². The van der Waals surface area contributed by atoms with E-state index in [-0.39, 0.29) is 114 Å². The predicted octanol–water partition coefficient (Wildman–Crippen LogP) is -1.83. The van der Waals surface area contributed by atoms with E-state index in [4.69, 9.17) is 22.3 Å². The molecule has 15 atom stereocenters. The van der Waals surface area contributed by atoms with Crippen molar-refractivity contribution in [3.05, 3.63) is 102 Å². The summed E-state index contributed by atoms with van der Waals surface area (Å²) in [6.45, 7) is 11.4. The molecular weight excluding hydrogens is 1640 g/mol. The minimum Gasteiger partial charge on any atom is -0.508 e. The number of amides is 13. The number of aromatic amines is 2. The summed E-state index contributed by atoms with van der Waals surface area (Å²) < 4.78 is 0. The maximum atomic E-state index is 14.9. The maximum absolute atomic E-state index is 14.9. The van der Waals surface area contributed by atoms with Gasteiger partial charge in [0, 0.05) is 80.0 Å². The minimum atomic E-state index is -2.08. The summed E-state index contributed by atoms with van der Waals surface area (Å²) in [7, 11) is 0. The van der Waals surface area contributed by atoms with E-state index in [9.17, 15) is 97.5 Å². The molecule has 41 nitrogen and oxygen atoms in total. The summed E-state index contributed by atoms with van der Waals surface area (Å²) in [5.74, 6) is -17.9. The van der Waals surface area contributed by atoms with Crippen LogP contribution in [0.4, 0.5) is 0 Å². The molecule has 13 amide bonds. The van der Waals surface area contributed by atoms with E-state index in [1.807, 2.05) is 13.8 Å². The Bertz CT molecular complexity index is 4600. The Hall–Kier alpha value is -12.6. The van der Waals surface area contributed by atoms with Crippen LogP contribution in [0.25, 0.3) is 21.8 Å². The van der Waals surface area contributed by atoms with Crippen LogP contribution in [0.1, 0.15) is 136 Å². The fourth-order valence-corrected chi connectivity index (χ4v) is 14.6. The first-order chi connectivity index (χ1) is 59.2. The number of hydrogen-bond acceptors (Lipinski definition) is 21. The number of hydrogen-bond donors (Lipinski definition) is 25. The molecule has 0 bridgehead atoms. The van der Waals surface area contributed by atoms with E-state index in [0.717, 1.165) is 6.92 Å². The molecule has 3 heterocycles. The molecule has 0 saturated carbocycles. The Morgan fingerprint density at radius 3 is 1.40 bits per heavy atom. The highest BCUT2D eigenvalue weighted by Crippen LogP contribution is 2.25. The van der Waals surface area contributed by atoms with Crippen molar-refractivity contribution in [2.45, 2.75) is 224 Å². The van der Waals surface area contributed by atoms with Crippen LogP contribution < -0.4 is 85.9 Å². The molecule has 1 aliphatic rings. The normalized spacial score (nSPS) is 15.9. The molecule has 0 spiro atoms. The van der Waals surface area contributed by atoms with E-state index < -0.39 is 204 Å². The summed E-state index contributed by atoms with van der Waals surface area (Å²) in [5, 5.41) is 105. The molecule has 125 heavy (non-hydrogen) atoms. The van der Waals surface area contributed by atoms with Gasteiger partial charge in [0.25, 0.3) is 0 Å². The molecule has 6 rings (SSSR count). The van der Waals surface area contributed by atoms with Crippen LogP contribution in [0.15, 0.2) is 85.2 Å². The molecule has 5 aromatic rings. The topological polar surface area (TPSA) is 660 Å². The van der Waals surface area contributed by atoms with Crippen molar-refractivity contribution in [2.75, 3.05) is 38.2 Å². The highest BCUT2D eigenvalue weighted by Gasteiger charge is 2.43. The molecule has 0 radical (unpaired) electrons. The summed E-state index contributed by atoms with van der Waals surface area (Å²) in [6, 6.07) is -0.855. The molecule has 2 aromatic heterocycles. The lowest BCUT2D eigenvalue weighted by atomic mass is 9.96. The summed E-state index contributed by atoms with van der Waals surface area (Å²) in [6.07, 6.45) is 1.56. The fraction of sp³-hybridized carbons (Fsp3) is 0.530. The number of para-hydroxylation sites is 2. The number of carboxylic acid groups (broad SMARTS) is 2. The first kappa shape index (κ1) is 101. The number of benzene rings is 3. The quantitative estimate of drug-likeness (QED) is 0.0116. The number of aliphatic hydroxyl groups excluding tert-OH is 2. The fourth-order valence-electron chi connectivity index (χ4n) is 14.2. The Morgan fingerprint density at radius 2 is 0.936 bits per heavy atom. The molecule has 684 valence electrons. The largest absolute Gasteiger partial charge is 0.508 e. The number of nitrogens with two attached hydrogens (primary N) is 2. The lowest BCUT2D eigenvalue weighted by Crippen LogP contribution is -2.63. The zero-order valence-electron chi connectivity index (χ0n) is 71.5. The van der Waals surface area contributed by atoms with E-state index in [0.29, 0.717) is 44.9 Å². The van der Waals surface area contributed by atoms with Crippen molar-refractivity contribution in [1.29, 1.82) is 10.8 Å². The summed E-state index contributed by atoms with van der Waals surface area (Å²) >= 11 is 1.24. The second kappa shape index (κ2) is 49.6. The lowest BCUT2D eigenvalue weighted by molar-refractivity contribution is -0.150. The van der Waals surface area contributed by atoms with Gasteiger partial charge in [-0.3, -0.25) is 77.9 Å². The average Bonchev–Trinajstić information content (AvgIpc) is 1.75. The second-order valence-electron chi connectivity index (χ2n) is 31.8. The van der Waals surface area contributed by atoms with Gasteiger partial charge in [0.05, 0.1) is 19.1 Å². The number of aromatic nitrogens is 2. The van der Waals surface area contributed by atoms with E-state index in [1.54, 1.807) is 88.0 Å². The van der Waals surface area contributed by atoms with E-state index in [1.165, 1.54) is 54.8 Å². The molecule has 0 unspecified atom stereocenters. The standard InChI is InChI=1S/C83H121N21O20S/c1-10-44(6)67(102-76(118)62(38-65(109)110)99-79(121)68(45(7)106)103-75(117)59(35-47-25-27-50(108)28-26-47)96-74(116)61(37-49-40-91-54-21-14-12-19-52(49)54)97-72(114)58(34-42(2)3)92-46(8)107)78(120)95-55(22-15-30-88-82(84)85)69(111)94-57(29-33-125-9)70(112)100-63(41-105)77(119)98-60(36-48-39-90-53-20-13-11-18-51(48)53)73(115)93-56(23-16-31-89-83(86)87)71(113)101-66(43(4)5)80(122)104-32-17-24-64(104)81(123)124/h11-14,18-21,25-28,39-40,42-45,55-64,66-68,90-91,105-106,108H,10,15-17,22-24,29-38,41H2,1-9H3,(H,92,107)(H,93,115)(H,94,111)(H,95,120)(H,96,116)(H,97,114)(H,98,119)(H,99,121)(H,100,112)(H,101,113)(H,102,118)(H,103,117)(H,109,110)(H,123,124)(H4,84,85,88)(H4,86,87,89)/t44-,45+,55-,56-,57-,58-,59-,60-,61-,62-,63-,64-,66-,67-,68-/m0/s1. The lowest BCUT2D eigenvalue weighted by Gasteiger charge is -2.31. The van der Waals surface area contributed by atoms with Crippen LogP contribution in [0.2, 0.25) is 0 Å². The summed E-state index contributed by atoms with van der Waals surface area (Å²) in [5.41, 5.74) is 13.8. The first-order valence-corrected chi connectivity index (χ1v) is 42.8. The number of guanidine groups is 2. The smallest absolute Gasteiger partial charge is 0.326 e. The van der Waals surface area contributed by atoms with Gasteiger partial charge in [-0.25, -0.2) is 4.79 Å². The first-order valence-electron chi connectivity index (χ1n) is 41.4. The van der Waals surface area contributed by atoms with Crippen molar-refractivity contribution in [2.24, 2.45) is 29.2 Å². The van der Waals surface area contributed by atoms with Crippen molar-refractivity contribution in [3.8, 4) is 5.75 Å². The van der Waals surface area contributed by atoms with Crippen LogP contribution in [0, 0.1) is 28.6 Å². The number of fused-ring (bicyclic) bond motifs is 2. The Balaban J connectivity index is 1.23. The van der Waals surface area contributed by atoms with E-state index >= 15 is 0 Å². The molecule has 1 fully saturated rings. The Kier molecular flexibility index (Phi) is 40.2. The number of carbonyl (C=O) groups is 15. The molecule has 1 saturated heterocycles. The van der Waals surface area contributed by atoms with Crippen LogP contribution in [-0.2, 0) is 91.2 Å².